The van der Waals surface area contributed by atoms with Gasteiger partial charge in [-0.15, -0.1) is 0 Å². The van der Waals surface area contributed by atoms with Crippen LogP contribution in [0, 0.1) is 6.92 Å². The monoisotopic (exact) mass is 284 g/mol. The Balaban J connectivity index is 2.40. The third-order valence-corrected chi connectivity index (χ3v) is 2.08. The molecule has 0 saturated carbocycles. The first kappa shape index (κ1) is 14.8. The number of hydrogen-bond acceptors (Lipinski definition) is 5. The van der Waals surface area contributed by atoms with Gasteiger partial charge >= 0.3 is 6.18 Å². The minimum Gasteiger partial charge on any atom is -0.394 e. The molecule has 0 spiro atoms. The van der Waals surface area contributed by atoms with Crippen molar-refractivity contribution in [1.82, 2.24) is 9.97 Å². The Morgan fingerprint density at radius 3 is 2.67 bits per heavy atom. The van der Waals surface area contributed by atoms with E-state index in [-0.39, 0.29) is 24.3 Å². The zero-order valence-electron chi connectivity index (χ0n) is 9.51. The molecule has 0 amide bonds. The van der Waals surface area contributed by atoms with E-state index in [0.717, 1.165) is 0 Å². The standard InChI is InChI=1S/C9H12ClF3N4O/c1-5-6(14)7(17-8(10)16-5)15-2-3-18-4-9(11,12)13/h2-4,14H2,1H3,(H,15,16,17). The van der Waals surface area contributed by atoms with Gasteiger partial charge in [-0.05, 0) is 18.5 Å². The van der Waals surface area contributed by atoms with Crippen LogP contribution in [0.2, 0.25) is 5.28 Å². The molecule has 5 nitrogen and oxygen atoms in total. The number of halogens is 4. The smallest absolute Gasteiger partial charge is 0.394 e. The van der Waals surface area contributed by atoms with Crippen LogP contribution in [0.3, 0.4) is 0 Å². The van der Waals surface area contributed by atoms with E-state index in [0.29, 0.717) is 11.4 Å². The maximum atomic E-state index is 11.8. The molecule has 102 valence electrons. The Kier molecular flexibility index (Phi) is 4.97. The van der Waals surface area contributed by atoms with E-state index < -0.39 is 12.8 Å². The van der Waals surface area contributed by atoms with Gasteiger partial charge in [0.15, 0.2) is 5.82 Å². The third-order valence-electron chi connectivity index (χ3n) is 1.91. The summed E-state index contributed by atoms with van der Waals surface area (Å²) in [5.41, 5.74) is 6.46. The maximum Gasteiger partial charge on any atom is 0.411 e. The highest BCUT2D eigenvalue weighted by Crippen LogP contribution is 2.20. The van der Waals surface area contributed by atoms with Gasteiger partial charge in [0.1, 0.15) is 6.61 Å². The molecule has 0 fully saturated rings. The molecule has 0 bridgehead atoms. The molecule has 0 saturated heterocycles. The molecule has 18 heavy (non-hydrogen) atoms. The van der Waals surface area contributed by atoms with Crippen molar-refractivity contribution in [2.75, 3.05) is 30.8 Å². The fraction of sp³-hybridized carbons (Fsp3) is 0.556. The number of nitrogens with two attached hydrogens (primary N) is 1. The molecule has 0 aliphatic carbocycles. The number of hydrogen-bond donors (Lipinski definition) is 2. The Morgan fingerprint density at radius 1 is 1.39 bits per heavy atom. The molecule has 0 radical (unpaired) electrons. The number of nitrogens with one attached hydrogen (secondary N) is 1. The van der Waals surface area contributed by atoms with Crippen molar-refractivity contribution in [3.63, 3.8) is 0 Å². The fourth-order valence-corrected chi connectivity index (χ4v) is 1.32. The number of ether oxygens (including phenoxy) is 1. The summed E-state index contributed by atoms with van der Waals surface area (Å²) in [4.78, 5) is 7.64. The van der Waals surface area contributed by atoms with Crippen LogP contribution >= 0.6 is 11.6 Å². The highest BCUT2D eigenvalue weighted by atomic mass is 35.5. The molecular weight excluding hydrogens is 273 g/mol. The SMILES string of the molecule is Cc1nc(Cl)nc(NCCOCC(F)(F)F)c1N. The molecule has 1 aromatic heterocycles. The van der Waals surface area contributed by atoms with Gasteiger partial charge in [-0.25, -0.2) is 4.98 Å². The van der Waals surface area contributed by atoms with Crippen LogP contribution in [0.15, 0.2) is 0 Å². The van der Waals surface area contributed by atoms with Crippen LogP contribution in [0.5, 0.6) is 0 Å². The van der Waals surface area contributed by atoms with Crippen molar-refractivity contribution in [3.05, 3.63) is 11.0 Å². The number of alkyl halides is 3. The first-order chi connectivity index (χ1) is 8.29. The summed E-state index contributed by atoms with van der Waals surface area (Å²) in [7, 11) is 0. The molecular formula is C9H12ClF3N4O. The Hall–Kier alpha value is -1.28. The van der Waals surface area contributed by atoms with Gasteiger partial charge in [0, 0.05) is 6.54 Å². The number of rotatable bonds is 5. The molecule has 0 aromatic carbocycles. The highest BCUT2D eigenvalue weighted by molar-refractivity contribution is 6.28. The van der Waals surface area contributed by atoms with Crippen LogP contribution in [-0.2, 0) is 4.74 Å². The van der Waals surface area contributed by atoms with E-state index in [1.807, 2.05) is 0 Å². The van der Waals surface area contributed by atoms with E-state index in [1.165, 1.54) is 0 Å². The second-order valence-corrected chi connectivity index (χ2v) is 3.77. The number of nitrogens with zero attached hydrogens (tertiary/aromatic N) is 2. The van der Waals surface area contributed by atoms with Crippen molar-refractivity contribution in [1.29, 1.82) is 0 Å². The van der Waals surface area contributed by atoms with Crippen molar-refractivity contribution in [2.24, 2.45) is 0 Å². The first-order valence-corrected chi connectivity index (χ1v) is 5.35. The normalized spacial score (nSPS) is 11.6. The van der Waals surface area contributed by atoms with Gasteiger partial charge in [-0.2, -0.15) is 18.2 Å². The number of aromatic nitrogens is 2. The number of aryl methyl sites for hydroxylation is 1. The minimum absolute atomic E-state index is 0.0143. The minimum atomic E-state index is -4.33. The molecule has 9 heteroatoms. The van der Waals surface area contributed by atoms with Crippen molar-refractivity contribution in [2.45, 2.75) is 13.1 Å². The van der Waals surface area contributed by atoms with E-state index in [1.54, 1.807) is 6.92 Å². The second kappa shape index (κ2) is 6.05. The lowest BCUT2D eigenvalue weighted by molar-refractivity contribution is -0.172. The van der Waals surface area contributed by atoms with E-state index in [2.05, 4.69) is 20.0 Å². The van der Waals surface area contributed by atoms with E-state index in [9.17, 15) is 13.2 Å². The molecule has 0 unspecified atom stereocenters. The summed E-state index contributed by atoms with van der Waals surface area (Å²) in [5.74, 6) is 0.281. The summed E-state index contributed by atoms with van der Waals surface area (Å²) >= 11 is 5.62. The van der Waals surface area contributed by atoms with Gasteiger partial charge in [-0.1, -0.05) is 0 Å². The average molecular weight is 285 g/mol. The Morgan fingerprint density at radius 2 is 2.06 bits per heavy atom. The second-order valence-electron chi connectivity index (χ2n) is 3.43. The van der Waals surface area contributed by atoms with E-state index >= 15 is 0 Å². The first-order valence-electron chi connectivity index (χ1n) is 4.97. The fourth-order valence-electron chi connectivity index (χ4n) is 1.11. The largest absolute Gasteiger partial charge is 0.411 e. The molecule has 3 N–H and O–H groups in total. The summed E-state index contributed by atoms with van der Waals surface area (Å²) in [6.45, 7) is 0.370. The van der Waals surface area contributed by atoms with Gasteiger partial charge in [0.25, 0.3) is 0 Å². The predicted molar refractivity (Wildman–Crippen MR) is 61.6 cm³/mol. The lowest BCUT2D eigenvalue weighted by Gasteiger charge is -2.11. The van der Waals surface area contributed by atoms with Crippen LogP contribution in [0.4, 0.5) is 24.7 Å². The van der Waals surface area contributed by atoms with Crippen LogP contribution < -0.4 is 11.1 Å². The van der Waals surface area contributed by atoms with Crippen LogP contribution in [0.25, 0.3) is 0 Å². The summed E-state index contributed by atoms with van der Waals surface area (Å²) in [6, 6.07) is 0. The average Bonchev–Trinajstić information content (AvgIpc) is 2.22. The number of nitrogen functional groups attached to an aromatic ring is 1. The summed E-state index contributed by atoms with van der Waals surface area (Å²) in [6.07, 6.45) is -4.33. The lowest BCUT2D eigenvalue weighted by Crippen LogP contribution is -2.20. The zero-order valence-corrected chi connectivity index (χ0v) is 10.3. The summed E-state index contributed by atoms with van der Waals surface area (Å²) in [5, 5.41) is 2.74. The summed E-state index contributed by atoms with van der Waals surface area (Å²) < 4.78 is 39.7. The van der Waals surface area contributed by atoms with Gasteiger partial charge in [-0.3, -0.25) is 0 Å². The molecule has 0 aliphatic rings. The Bertz CT molecular complexity index is 414. The quantitative estimate of drug-likeness (QED) is 0.639. The van der Waals surface area contributed by atoms with Gasteiger partial charge in [0.2, 0.25) is 5.28 Å². The molecule has 1 aromatic rings. The van der Waals surface area contributed by atoms with Crippen molar-refractivity contribution < 1.29 is 17.9 Å². The topological polar surface area (TPSA) is 73.1 Å². The number of anilines is 2. The molecule has 0 aliphatic heterocycles. The lowest BCUT2D eigenvalue weighted by atomic mass is 10.3. The third kappa shape index (κ3) is 4.92. The molecule has 1 rings (SSSR count). The Labute approximate surface area is 106 Å². The van der Waals surface area contributed by atoms with Gasteiger partial charge in [0.05, 0.1) is 18.0 Å². The van der Waals surface area contributed by atoms with Crippen LogP contribution in [0.1, 0.15) is 5.69 Å². The van der Waals surface area contributed by atoms with Crippen molar-refractivity contribution >= 4 is 23.1 Å². The van der Waals surface area contributed by atoms with Crippen molar-refractivity contribution in [3.8, 4) is 0 Å². The van der Waals surface area contributed by atoms with Crippen LogP contribution in [-0.4, -0.2) is 35.9 Å². The predicted octanol–water partition coefficient (Wildman–Crippen LogP) is 2.01. The molecule has 0 atom stereocenters. The zero-order chi connectivity index (χ0) is 13.8. The van der Waals surface area contributed by atoms with E-state index in [4.69, 9.17) is 17.3 Å². The van der Waals surface area contributed by atoms with Gasteiger partial charge < -0.3 is 15.8 Å². The maximum absolute atomic E-state index is 11.8. The highest BCUT2D eigenvalue weighted by Gasteiger charge is 2.27. The molecule has 1 heterocycles.